The van der Waals surface area contributed by atoms with Crippen molar-refractivity contribution in [1.82, 2.24) is 14.9 Å². The molecule has 0 saturated carbocycles. The number of aromatic nitrogens is 2. The number of hydrogen-bond acceptors (Lipinski definition) is 4. The van der Waals surface area contributed by atoms with Crippen LogP contribution in [0.3, 0.4) is 0 Å². The number of nitrogens with zero attached hydrogens (tertiary/aromatic N) is 4. The molecule has 4 heterocycles. The monoisotopic (exact) mass is 322 g/mol. The molecule has 124 valence electrons. The average Bonchev–Trinajstić information content (AvgIpc) is 2.94. The van der Waals surface area contributed by atoms with E-state index >= 15 is 0 Å². The second-order valence-electron chi connectivity index (χ2n) is 6.74. The third kappa shape index (κ3) is 2.75. The van der Waals surface area contributed by atoms with Gasteiger partial charge >= 0.3 is 0 Å². The third-order valence-electron chi connectivity index (χ3n) is 5.41. The zero-order valence-corrected chi connectivity index (χ0v) is 13.8. The van der Waals surface area contributed by atoms with Crippen molar-refractivity contribution in [3.63, 3.8) is 0 Å². The van der Waals surface area contributed by atoms with Crippen LogP contribution in [0.1, 0.15) is 31.2 Å². The molecule has 0 bridgehead atoms. The smallest absolute Gasteiger partial charge is 0.223 e. The quantitative estimate of drug-likeness (QED) is 0.872. The van der Waals surface area contributed by atoms with Crippen LogP contribution in [-0.4, -0.2) is 39.4 Å². The van der Waals surface area contributed by atoms with Crippen LogP contribution >= 0.6 is 0 Å². The first-order valence-corrected chi connectivity index (χ1v) is 8.62. The Balaban J connectivity index is 1.49. The van der Waals surface area contributed by atoms with Crippen molar-refractivity contribution in [2.24, 2.45) is 0 Å². The van der Waals surface area contributed by atoms with Gasteiger partial charge < -0.3 is 9.80 Å². The van der Waals surface area contributed by atoms with Crippen LogP contribution < -0.4 is 4.90 Å². The van der Waals surface area contributed by atoms with Gasteiger partial charge in [-0.15, -0.1) is 0 Å². The largest absolute Gasteiger partial charge is 0.356 e. The molecule has 5 nitrogen and oxygen atoms in total. The Labute approximate surface area is 142 Å². The van der Waals surface area contributed by atoms with E-state index < -0.39 is 0 Å². The molecule has 2 aliphatic heterocycles. The predicted molar refractivity (Wildman–Crippen MR) is 92.4 cm³/mol. The molecule has 4 rings (SSSR count). The van der Waals surface area contributed by atoms with Crippen LogP contribution in [0.25, 0.3) is 0 Å². The van der Waals surface area contributed by atoms with E-state index in [1.807, 2.05) is 30.6 Å². The first kappa shape index (κ1) is 15.1. The molecule has 1 amide bonds. The average molecular weight is 322 g/mol. The van der Waals surface area contributed by atoms with E-state index in [9.17, 15) is 4.79 Å². The summed E-state index contributed by atoms with van der Waals surface area (Å²) in [6.45, 7) is 2.58. The first-order valence-electron chi connectivity index (χ1n) is 8.62. The lowest BCUT2D eigenvalue weighted by atomic mass is 9.84. The summed E-state index contributed by atoms with van der Waals surface area (Å²) in [6.07, 6.45) is 9.14. The number of likely N-dealkylation sites (tertiary alicyclic amines) is 1. The lowest BCUT2D eigenvalue weighted by Crippen LogP contribution is -2.53. The number of hydrogen-bond donors (Lipinski definition) is 0. The van der Waals surface area contributed by atoms with Crippen molar-refractivity contribution in [2.45, 2.75) is 37.8 Å². The molecule has 0 aromatic carbocycles. The van der Waals surface area contributed by atoms with Gasteiger partial charge in [0.25, 0.3) is 0 Å². The Hall–Kier alpha value is -2.43. The number of amides is 1. The van der Waals surface area contributed by atoms with Crippen molar-refractivity contribution in [2.75, 3.05) is 18.0 Å². The number of rotatable bonds is 3. The summed E-state index contributed by atoms with van der Waals surface area (Å²) in [6, 6.07) is 10.0. The second-order valence-corrected chi connectivity index (χ2v) is 6.74. The fourth-order valence-electron chi connectivity index (χ4n) is 4.02. The van der Waals surface area contributed by atoms with E-state index in [-0.39, 0.29) is 11.4 Å². The molecule has 0 aliphatic carbocycles. The molecule has 24 heavy (non-hydrogen) atoms. The Morgan fingerprint density at radius 3 is 2.62 bits per heavy atom. The Morgan fingerprint density at radius 2 is 1.92 bits per heavy atom. The fraction of sp³-hybridized carbons (Fsp3) is 0.421. The highest BCUT2D eigenvalue weighted by molar-refractivity contribution is 5.79. The van der Waals surface area contributed by atoms with Crippen LogP contribution in [0.4, 0.5) is 5.82 Å². The lowest BCUT2D eigenvalue weighted by Gasteiger charge is -2.45. The Morgan fingerprint density at radius 1 is 1.04 bits per heavy atom. The molecule has 2 aliphatic rings. The molecule has 0 unspecified atom stereocenters. The number of pyridine rings is 2. The normalized spacial score (nSPS) is 19.9. The van der Waals surface area contributed by atoms with E-state index in [4.69, 9.17) is 0 Å². The molecule has 0 atom stereocenters. The zero-order chi connectivity index (χ0) is 16.4. The molecule has 2 aromatic rings. The van der Waals surface area contributed by atoms with E-state index in [0.29, 0.717) is 13.0 Å². The molecule has 2 saturated heterocycles. The number of carbonyl (C=O) groups is 1. The standard InChI is InChI=1S/C19H22N4O/c24-18-6-7-19(23(18)15-16-4-3-10-20-14-16)8-12-22(13-9-19)17-5-1-2-11-21-17/h1-5,10-11,14H,6-9,12-13,15H2. The highest BCUT2D eigenvalue weighted by Crippen LogP contribution is 2.40. The molecule has 0 radical (unpaired) electrons. The summed E-state index contributed by atoms with van der Waals surface area (Å²) in [7, 11) is 0. The van der Waals surface area contributed by atoms with Gasteiger partial charge in [0, 0.05) is 50.2 Å². The molecule has 0 N–H and O–H groups in total. The van der Waals surface area contributed by atoms with Gasteiger partial charge in [-0.25, -0.2) is 4.98 Å². The molecular formula is C19H22N4O. The Bertz CT molecular complexity index is 696. The van der Waals surface area contributed by atoms with Gasteiger partial charge in [0.05, 0.1) is 0 Å². The highest BCUT2D eigenvalue weighted by Gasteiger charge is 2.46. The minimum absolute atomic E-state index is 0.0121. The third-order valence-corrected chi connectivity index (χ3v) is 5.41. The van der Waals surface area contributed by atoms with Gasteiger partial charge in [0.1, 0.15) is 5.82 Å². The van der Waals surface area contributed by atoms with Crippen molar-refractivity contribution in [3.05, 3.63) is 54.5 Å². The minimum atomic E-state index is 0.0121. The van der Waals surface area contributed by atoms with Gasteiger partial charge in [-0.2, -0.15) is 0 Å². The van der Waals surface area contributed by atoms with E-state index in [1.54, 1.807) is 6.20 Å². The fourth-order valence-corrected chi connectivity index (χ4v) is 4.02. The first-order chi connectivity index (χ1) is 11.8. The molecular weight excluding hydrogens is 300 g/mol. The highest BCUT2D eigenvalue weighted by atomic mass is 16.2. The topological polar surface area (TPSA) is 49.3 Å². The summed E-state index contributed by atoms with van der Waals surface area (Å²) in [5, 5.41) is 0. The van der Waals surface area contributed by atoms with Crippen molar-refractivity contribution < 1.29 is 4.79 Å². The molecule has 2 fully saturated rings. The molecule has 1 spiro atoms. The van der Waals surface area contributed by atoms with Gasteiger partial charge in [0.15, 0.2) is 0 Å². The van der Waals surface area contributed by atoms with Gasteiger partial charge in [-0.05, 0) is 43.0 Å². The summed E-state index contributed by atoms with van der Waals surface area (Å²) >= 11 is 0. The second kappa shape index (κ2) is 6.23. The van der Waals surface area contributed by atoms with E-state index in [2.05, 4.69) is 31.9 Å². The van der Waals surface area contributed by atoms with Gasteiger partial charge in [-0.1, -0.05) is 12.1 Å². The summed E-state index contributed by atoms with van der Waals surface area (Å²) in [5.41, 5.74) is 1.12. The van der Waals surface area contributed by atoms with Crippen molar-refractivity contribution in [3.8, 4) is 0 Å². The van der Waals surface area contributed by atoms with Crippen LogP contribution in [0.15, 0.2) is 48.9 Å². The maximum absolute atomic E-state index is 12.5. The summed E-state index contributed by atoms with van der Waals surface area (Å²) < 4.78 is 0. The Kier molecular flexibility index (Phi) is 3.92. The van der Waals surface area contributed by atoms with Crippen LogP contribution in [0.2, 0.25) is 0 Å². The maximum Gasteiger partial charge on any atom is 0.223 e. The van der Waals surface area contributed by atoms with Crippen LogP contribution in [0, 0.1) is 0 Å². The summed E-state index contributed by atoms with van der Waals surface area (Å²) in [5.74, 6) is 1.32. The maximum atomic E-state index is 12.5. The van der Waals surface area contributed by atoms with Crippen LogP contribution in [0.5, 0.6) is 0 Å². The zero-order valence-electron chi connectivity index (χ0n) is 13.8. The van der Waals surface area contributed by atoms with E-state index in [1.165, 1.54) is 0 Å². The SMILES string of the molecule is O=C1CCC2(CCN(c3ccccn3)CC2)N1Cc1cccnc1. The molecule has 2 aromatic heterocycles. The predicted octanol–water partition coefficient (Wildman–Crippen LogP) is 2.64. The van der Waals surface area contributed by atoms with Gasteiger partial charge in [-0.3, -0.25) is 9.78 Å². The lowest BCUT2D eigenvalue weighted by molar-refractivity contribution is -0.132. The number of anilines is 1. The summed E-state index contributed by atoms with van der Waals surface area (Å²) in [4.78, 5) is 25.6. The van der Waals surface area contributed by atoms with E-state index in [0.717, 1.165) is 43.7 Å². The minimum Gasteiger partial charge on any atom is -0.356 e. The van der Waals surface area contributed by atoms with Crippen molar-refractivity contribution >= 4 is 11.7 Å². The molecule has 5 heteroatoms. The van der Waals surface area contributed by atoms with Crippen LogP contribution in [-0.2, 0) is 11.3 Å². The number of piperidine rings is 1. The number of carbonyl (C=O) groups excluding carboxylic acids is 1. The van der Waals surface area contributed by atoms with Crippen molar-refractivity contribution in [1.29, 1.82) is 0 Å². The van der Waals surface area contributed by atoms with Gasteiger partial charge in [0.2, 0.25) is 5.91 Å².